The van der Waals surface area contributed by atoms with E-state index in [-0.39, 0.29) is 11.4 Å². The zero-order valence-corrected chi connectivity index (χ0v) is 11.9. The lowest BCUT2D eigenvalue weighted by atomic mass is 10.3. The Morgan fingerprint density at radius 1 is 1.50 bits per heavy atom. The Labute approximate surface area is 123 Å². The summed E-state index contributed by atoms with van der Waals surface area (Å²) in [6.45, 7) is 0. The van der Waals surface area contributed by atoms with Crippen LogP contribution in [0.2, 0.25) is 5.02 Å². The Kier molecular flexibility index (Phi) is 4.26. The Bertz CT molecular complexity index is 718. The second kappa shape index (κ2) is 5.93. The van der Waals surface area contributed by atoms with Crippen LogP contribution in [0.25, 0.3) is 0 Å². The van der Waals surface area contributed by atoms with Crippen LogP contribution >= 0.6 is 23.4 Å². The highest BCUT2D eigenvalue weighted by Gasteiger charge is 2.16. The minimum Gasteiger partial charge on any atom is -0.365 e. The first-order chi connectivity index (χ1) is 9.51. The molecule has 4 N–H and O–H groups in total. The van der Waals surface area contributed by atoms with Gasteiger partial charge in [-0.3, -0.25) is 14.6 Å². The lowest BCUT2D eigenvalue weighted by Crippen LogP contribution is -2.26. The van der Waals surface area contributed by atoms with Gasteiger partial charge in [-0.25, -0.2) is 4.98 Å². The van der Waals surface area contributed by atoms with Crippen LogP contribution in [-0.2, 0) is 0 Å². The van der Waals surface area contributed by atoms with Gasteiger partial charge in [-0.05, 0) is 12.3 Å². The number of hydrogen-bond acceptors (Lipinski definition) is 6. The molecule has 2 aromatic rings. The number of aromatic amines is 1. The van der Waals surface area contributed by atoms with Gasteiger partial charge in [0.1, 0.15) is 5.56 Å². The van der Waals surface area contributed by atoms with Crippen LogP contribution in [0, 0.1) is 0 Å². The molecule has 0 fully saturated rings. The van der Waals surface area contributed by atoms with Gasteiger partial charge in [-0.15, -0.1) is 0 Å². The van der Waals surface area contributed by atoms with Gasteiger partial charge in [0, 0.05) is 6.20 Å². The maximum absolute atomic E-state index is 11.8. The average molecular weight is 312 g/mol. The molecule has 0 aliphatic heterocycles. The number of thioether (sulfide) groups is 1. The van der Waals surface area contributed by atoms with Crippen molar-refractivity contribution in [2.24, 2.45) is 5.73 Å². The van der Waals surface area contributed by atoms with Crippen LogP contribution in [-0.4, -0.2) is 27.1 Å². The molecule has 0 atom stereocenters. The highest BCUT2D eigenvalue weighted by Crippen LogP contribution is 2.20. The van der Waals surface area contributed by atoms with Crippen molar-refractivity contribution in [2.75, 3.05) is 11.6 Å². The van der Waals surface area contributed by atoms with Gasteiger partial charge in [0.2, 0.25) is 0 Å². The van der Waals surface area contributed by atoms with Crippen LogP contribution in [0.4, 0.5) is 11.5 Å². The van der Waals surface area contributed by atoms with Crippen molar-refractivity contribution in [1.82, 2.24) is 15.0 Å². The summed E-state index contributed by atoms with van der Waals surface area (Å²) in [6.07, 6.45) is 4.69. The number of nitrogens with one attached hydrogen (secondary N) is 2. The third kappa shape index (κ3) is 3.09. The molecule has 0 unspecified atom stereocenters. The molecule has 0 aromatic carbocycles. The number of hydrogen-bond donors (Lipinski definition) is 3. The number of amides is 1. The molecule has 9 heteroatoms. The van der Waals surface area contributed by atoms with Gasteiger partial charge in [0.25, 0.3) is 11.5 Å². The van der Waals surface area contributed by atoms with Crippen molar-refractivity contribution in [3.05, 3.63) is 39.4 Å². The van der Waals surface area contributed by atoms with Gasteiger partial charge >= 0.3 is 0 Å². The highest BCUT2D eigenvalue weighted by atomic mass is 35.5. The van der Waals surface area contributed by atoms with Crippen molar-refractivity contribution < 1.29 is 4.79 Å². The number of carbonyl (C=O) groups is 1. The minimum absolute atomic E-state index is 0.0645. The van der Waals surface area contributed by atoms with Crippen molar-refractivity contribution >= 4 is 40.8 Å². The topological polar surface area (TPSA) is 114 Å². The molecule has 7 nitrogen and oxygen atoms in total. The third-order valence-corrected chi connectivity index (χ3v) is 3.09. The Hall–Kier alpha value is -2.06. The fraction of sp³-hybridized carbons (Fsp3) is 0.0909. The summed E-state index contributed by atoms with van der Waals surface area (Å²) in [6, 6.07) is 1.58. The molecule has 0 saturated carbocycles. The molecular formula is C11H10ClN5O2S. The Balaban J connectivity index is 2.51. The third-order valence-electron chi connectivity index (χ3n) is 2.31. The second-order valence-corrected chi connectivity index (χ2v) is 4.91. The van der Waals surface area contributed by atoms with E-state index in [1.54, 1.807) is 12.3 Å². The van der Waals surface area contributed by atoms with Crippen molar-refractivity contribution in [1.29, 1.82) is 0 Å². The first-order valence-corrected chi connectivity index (χ1v) is 6.97. The van der Waals surface area contributed by atoms with E-state index in [1.807, 2.05) is 0 Å². The van der Waals surface area contributed by atoms with Gasteiger partial charge in [-0.2, -0.15) is 0 Å². The molecule has 0 aliphatic rings. The Morgan fingerprint density at radius 2 is 2.25 bits per heavy atom. The van der Waals surface area contributed by atoms with E-state index in [0.29, 0.717) is 15.9 Å². The number of aromatic nitrogens is 3. The number of halogens is 1. The monoisotopic (exact) mass is 311 g/mol. The van der Waals surface area contributed by atoms with Crippen LogP contribution in [0.5, 0.6) is 0 Å². The van der Waals surface area contributed by atoms with E-state index < -0.39 is 11.5 Å². The summed E-state index contributed by atoms with van der Waals surface area (Å²) in [5.74, 6) is -0.807. The fourth-order valence-corrected chi connectivity index (χ4v) is 2.04. The largest absolute Gasteiger partial charge is 0.365 e. The molecular weight excluding hydrogens is 302 g/mol. The number of nitrogens with zero attached hydrogens (tertiary/aromatic N) is 2. The molecule has 0 aliphatic carbocycles. The lowest BCUT2D eigenvalue weighted by Gasteiger charge is -2.09. The van der Waals surface area contributed by atoms with Crippen LogP contribution in [0.3, 0.4) is 0 Å². The summed E-state index contributed by atoms with van der Waals surface area (Å²) in [5.41, 5.74) is 4.84. The van der Waals surface area contributed by atoms with Crippen molar-refractivity contribution in [3.63, 3.8) is 0 Å². The zero-order chi connectivity index (χ0) is 14.7. The summed E-state index contributed by atoms with van der Waals surface area (Å²) in [4.78, 5) is 33.7. The first kappa shape index (κ1) is 14.4. The smallest absolute Gasteiger partial charge is 0.266 e. The first-order valence-electron chi connectivity index (χ1n) is 5.37. The van der Waals surface area contributed by atoms with E-state index in [0.717, 1.165) is 0 Å². The molecule has 2 aromatic heterocycles. The van der Waals surface area contributed by atoms with Crippen LogP contribution in [0.1, 0.15) is 10.4 Å². The number of carbonyl (C=O) groups excluding carboxylic acids is 1. The molecule has 2 rings (SSSR count). The molecule has 20 heavy (non-hydrogen) atoms. The summed E-state index contributed by atoms with van der Waals surface area (Å²) in [5, 5.41) is 3.58. The SMILES string of the molecule is CSc1nc(Nc2cncc(Cl)c2)c(C(N)=O)c(=O)[nH]1. The van der Waals surface area contributed by atoms with Gasteiger partial charge < -0.3 is 16.0 Å². The number of primary amides is 1. The number of pyridine rings is 1. The molecule has 104 valence electrons. The molecule has 2 heterocycles. The van der Waals surface area contributed by atoms with Crippen LogP contribution in [0.15, 0.2) is 28.4 Å². The van der Waals surface area contributed by atoms with E-state index in [4.69, 9.17) is 17.3 Å². The molecule has 0 radical (unpaired) electrons. The van der Waals surface area contributed by atoms with Gasteiger partial charge in [0.05, 0.1) is 16.9 Å². The van der Waals surface area contributed by atoms with E-state index in [2.05, 4.69) is 20.3 Å². The molecule has 0 spiro atoms. The Morgan fingerprint density at radius 3 is 2.85 bits per heavy atom. The predicted octanol–water partition coefficient (Wildman–Crippen LogP) is 1.38. The number of rotatable bonds is 4. The maximum atomic E-state index is 11.8. The summed E-state index contributed by atoms with van der Waals surface area (Å²) < 4.78 is 0. The lowest BCUT2D eigenvalue weighted by molar-refractivity contribution is 0.0999. The second-order valence-electron chi connectivity index (χ2n) is 3.68. The predicted molar refractivity (Wildman–Crippen MR) is 77.7 cm³/mol. The molecule has 0 saturated heterocycles. The molecule has 1 amide bonds. The van der Waals surface area contributed by atoms with Crippen molar-refractivity contribution in [2.45, 2.75) is 5.16 Å². The number of H-pyrrole nitrogens is 1. The van der Waals surface area contributed by atoms with E-state index in [1.165, 1.54) is 24.2 Å². The summed E-state index contributed by atoms with van der Waals surface area (Å²) in [7, 11) is 0. The number of nitrogens with two attached hydrogens (primary N) is 1. The average Bonchev–Trinajstić information content (AvgIpc) is 2.37. The summed E-state index contributed by atoms with van der Waals surface area (Å²) >= 11 is 7.05. The van der Waals surface area contributed by atoms with Crippen molar-refractivity contribution in [3.8, 4) is 0 Å². The minimum atomic E-state index is -0.871. The normalized spacial score (nSPS) is 10.3. The highest BCUT2D eigenvalue weighted by molar-refractivity contribution is 7.98. The zero-order valence-electron chi connectivity index (χ0n) is 10.3. The van der Waals surface area contributed by atoms with E-state index in [9.17, 15) is 9.59 Å². The van der Waals surface area contributed by atoms with Gasteiger partial charge in [0.15, 0.2) is 11.0 Å². The van der Waals surface area contributed by atoms with E-state index >= 15 is 0 Å². The van der Waals surface area contributed by atoms with Gasteiger partial charge in [-0.1, -0.05) is 23.4 Å². The quantitative estimate of drug-likeness (QED) is 0.580. The fourth-order valence-electron chi connectivity index (χ4n) is 1.49. The van der Waals surface area contributed by atoms with Crippen LogP contribution < -0.4 is 16.6 Å². The number of anilines is 2. The maximum Gasteiger partial charge on any atom is 0.266 e. The standard InChI is InChI=1S/C11H10ClN5O2S/c1-20-11-16-9(7(8(13)18)10(19)17-11)15-6-2-5(12)3-14-4-6/h2-4H,1H3,(H2,13,18)(H2,15,16,17,19). The molecule has 0 bridgehead atoms.